The standard InChI is InChI=1S/C14H18BrNO6S/c1-21-13(17)8-7-12(14(18)22-2)16-23(19,20)11-5-3-10(9-15)4-6-11/h3-6,12,16H,7-9H2,1-2H3/t12-/m1/s1. The largest absolute Gasteiger partial charge is 0.469 e. The normalized spacial score (nSPS) is 12.5. The lowest BCUT2D eigenvalue weighted by Crippen LogP contribution is -2.41. The lowest BCUT2D eigenvalue weighted by atomic mass is 10.2. The number of rotatable bonds is 8. The van der Waals surface area contributed by atoms with Gasteiger partial charge in [0.1, 0.15) is 6.04 Å². The van der Waals surface area contributed by atoms with Crippen molar-refractivity contribution in [2.45, 2.75) is 29.1 Å². The van der Waals surface area contributed by atoms with E-state index < -0.39 is 28.0 Å². The molecule has 9 heteroatoms. The Morgan fingerprint density at radius 3 is 2.26 bits per heavy atom. The first-order valence-corrected chi connectivity index (χ1v) is 9.26. The van der Waals surface area contributed by atoms with Gasteiger partial charge in [0, 0.05) is 11.8 Å². The Labute approximate surface area is 143 Å². The van der Waals surface area contributed by atoms with Crippen molar-refractivity contribution < 1.29 is 27.5 Å². The van der Waals surface area contributed by atoms with Gasteiger partial charge in [-0.25, -0.2) is 8.42 Å². The van der Waals surface area contributed by atoms with E-state index in [0.29, 0.717) is 5.33 Å². The number of hydrogen-bond acceptors (Lipinski definition) is 6. The number of methoxy groups -OCH3 is 2. The highest BCUT2D eigenvalue weighted by Gasteiger charge is 2.27. The summed E-state index contributed by atoms with van der Waals surface area (Å²) in [6.07, 6.45) is -0.167. The van der Waals surface area contributed by atoms with E-state index in [0.717, 1.165) is 12.7 Å². The summed E-state index contributed by atoms with van der Waals surface area (Å²) >= 11 is 3.27. The van der Waals surface area contributed by atoms with Gasteiger partial charge in [0.2, 0.25) is 10.0 Å². The maximum absolute atomic E-state index is 12.3. The molecule has 1 atom stereocenters. The quantitative estimate of drug-likeness (QED) is 0.515. The van der Waals surface area contributed by atoms with Crippen molar-refractivity contribution in [3.8, 4) is 0 Å². The molecule has 1 aromatic rings. The highest BCUT2D eigenvalue weighted by atomic mass is 79.9. The van der Waals surface area contributed by atoms with Crippen molar-refractivity contribution in [3.05, 3.63) is 29.8 Å². The second-order valence-corrected chi connectivity index (χ2v) is 6.86. The molecular weight excluding hydrogens is 390 g/mol. The summed E-state index contributed by atoms with van der Waals surface area (Å²) in [4.78, 5) is 22.9. The van der Waals surface area contributed by atoms with Crippen LogP contribution in [-0.4, -0.2) is 40.6 Å². The minimum Gasteiger partial charge on any atom is -0.469 e. The van der Waals surface area contributed by atoms with Crippen LogP contribution >= 0.6 is 15.9 Å². The third-order valence-corrected chi connectivity index (χ3v) is 5.17. The minimum absolute atomic E-state index is 0.0224. The molecule has 0 aromatic heterocycles. The smallest absolute Gasteiger partial charge is 0.323 e. The SMILES string of the molecule is COC(=O)CC[C@@H](NS(=O)(=O)c1ccc(CBr)cc1)C(=O)OC. The number of halogens is 1. The fraction of sp³-hybridized carbons (Fsp3) is 0.429. The van der Waals surface area contributed by atoms with Gasteiger partial charge in [0.05, 0.1) is 19.1 Å². The highest BCUT2D eigenvalue weighted by molar-refractivity contribution is 9.08. The monoisotopic (exact) mass is 407 g/mol. The molecule has 0 heterocycles. The molecule has 0 radical (unpaired) electrons. The van der Waals surface area contributed by atoms with Gasteiger partial charge >= 0.3 is 11.9 Å². The Balaban J connectivity index is 2.90. The van der Waals surface area contributed by atoms with E-state index in [1.165, 1.54) is 19.2 Å². The lowest BCUT2D eigenvalue weighted by molar-refractivity contribution is -0.144. The van der Waals surface area contributed by atoms with Crippen LogP contribution in [0, 0.1) is 0 Å². The summed E-state index contributed by atoms with van der Waals surface area (Å²) in [7, 11) is -1.55. The van der Waals surface area contributed by atoms with Gasteiger partial charge in [-0.15, -0.1) is 0 Å². The first-order chi connectivity index (χ1) is 10.8. The predicted octanol–water partition coefficient (Wildman–Crippen LogP) is 1.35. The average molecular weight is 408 g/mol. The van der Waals surface area contributed by atoms with Crippen molar-refractivity contribution >= 4 is 37.9 Å². The van der Waals surface area contributed by atoms with E-state index in [-0.39, 0.29) is 17.7 Å². The van der Waals surface area contributed by atoms with E-state index in [1.807, 2.05) is 0 Å². The first kappa shape index (κ1) is 19.6. The van der Waals surface area contributed by atoms with Gasteiger partial charge in [-0.3, -0.25) is 9.59 Å². The second-order valence-electron chi connectivity index (χ2n) is 4.59. The Morgan fingerprint density at radius 1 is 1.17 bits per heavy atom. The van der Waals surface area contributed by atoms with E-state index in [2.05, 4.69) is 30.1 Å². The van der Waals surface area contributed by atoms with E-state index >= 15 is 0 Å². The maximum Gasteiger partial charge on any atom is 0.323 e. The zero-order chi connectivity index (χ0) is 17.5. The summed E-state index contributed by atoms with van der Waals surface area (Å²) in [5.74, 6) is -1.31. The molecule has 7 nitrogen and oxygen atoms in total. The van der Waals surface area contributed by atoms with Crippen LogP contribution in [0.4, 0.5) is 0 Å². The summed E-state index contributed by atoms with van der Waals surface area (Å²) in [5, 5.41) is 0.602. The molecule has 1 N–H and O–H groups in total. The molecule has 0 aliphatic rings. The Bertz CT molecular complexity index is 644. The number of carbonyl (C=O) groups excluding carboxylic acids is 2. The number of alkyl halides is 1. The molecule has 0 fully saturated rings. The number of carbonyl (C=O) groups is 2. The third kappa shape index (κ3) is 5.92. The number of hydrogen-bond donors (Lipinski definition) is 1. The van der Waals surface area contributed by atoms with Gasteiger partial charge in [0.25, 0.3) is 0 Å². The highest BCUT2D eigenvalue weighted by Crippen LogP contribution is 2.14. The van der Waals surface area contributed by atoms with E-state index in [9.17, 15) is 18.0 Å². The summed E-state index contributed by atoms with van der Waals surface area (Å²) < 4.78 is 36.0. The third-order valence-electron chi connectivity index (χ3n) is 3.04. The van der Waals surface area contributed by atoms with Crippen LogP contribution in [0.2, 0.25) is 0 Å². The lowest BCUT2D eigenvalue weighted by Gasteiger charge is -2.16. The zero-order valence-electron chi connectivity index (χ0n) is 12.7. The van der Waals surface area contributed by atoms with E-state index in [1.54, 1.807) is 12.1 Å². The fourth-order valence-electron chi connectivity index (χ4n) is 1.74. The molecule has 128 valence electrons. The van der Waals surface area contributed by atoms with Crippen molar-refractivity contribution in [2.24, 2.45) is 0 Å². The molecule has 0 spiro atoms. The number of sulfonamides is 1. The molecule has 1 aromatic carbocycles. The van der Waals surface area contributed by atoms with Crippen LogP contribution in [0.15, 0.2) is 29.2 Å². The molecular formula is C14H18BrNO6S. The van der Waals surface area contributed by atoms with Crippen LogP contribution in [0.5, 0.6) is 0 Å². The van der Waals surface area contributed by atoms with Crippen LogP contribution in [-0.2, 0) is 34.4 Å². The van der Waals surface area contributed by atoms with Crippen molar-refractivity contribution in [3.63, 3.8) is 0 Å². The number of esters is 2. The van der Waals surface area contributed by atoms with Gasteiger partial charge in [-0.2, -0.15) is 4.72 Å². The molecule has 0 saturated carbocycles. The average Bonchev–Trinajstić information content (AvgIpc) is 2.57. The van der Waals surface area contributed by atoms with Crippen LogP contribution in [0.3, 0.4) is 0 Å². The van der Waals surface area contributed by atoms with Crippen LogP contribution < -0.4 is 4.72 Å². The topological polar surface area (TPSA) is 98.8 Å². The molecule has 23 heavy (non-hydrogen) atoms. The van der Waals surface area contributed by atoms with Gasteiger partial charge in [-0.1, -0.05) is 28.1 Å². The molecule has 1 rings (SSSR count). The van der Waals surface area contributed by atoms with Crippen molar-refractivity contribution in [2.75, 3.05) is 14.2 Å². The molecule has 0 aliphatic heterocycles. The maximum atomic E-state index is 12.3. The number of ether oxygens (including phenoxy) is 2. The number of benzene rings is 1. The molecule has 0 bridgehead atoms. The van der Waals surface area contributed by atoms with Gasteiger partial charge in [-0.05, 0) is 24.1 Å². The Kier molecular flexibility index (Phi) is 7.66. The molecule has 0 aliphatic carbocycles. The summed E-state index contributed by atoms with van der Waals surface area (Å²) in [5.41, 5.74) is 0.916. The van der Waals surface area contributed by atoms with Crippen LogP contribution in [0.25, 0.3) is 0 Å². The molecule has 0 unspecified atom stereocenters. The first-order valence-electron chi connectivity index (χ1n) is 6.66. The minimum atomic E-state index is -3.91. The predicted molar refractivity (Wildman–Crippen MR) is 86.4 cm³/mol. The summed E-state index contributed by atoms with van der Waals surface area (Å²) in [6.45, 7) is 0. The Hall–Kier alpha value is -1.45. The number of nitrogens with one attached hydrogen (secondary N) is 1. The zero-order valence-corrected chi connectivity index (χ0v) is 15.1. The van der Waals surface area contributed by atoms with Gasteiger partial charge in [0.15, 0.2) is 0 Å². The Morgan fingerprint density at radius 2 is 1.78 bits per heavy atom. The summed E-state index contributed by atoms with van der Waals surface area (Å²) in [6, 6.07) is 5.02. The van der Waals surface area contributed by atoms with Crippen molar-refractivity contribution in [1.29, 1.82) is 0 Å². The van der Waals surface area contributed by atoms with Gasteiger partial charge < -0.3 is 9.47 Å². The second kappa shape index (κ2) is 8.99. The molecule has 0 saturated heterocycles. The van der Waals surface area contributed by atoms with Crippen LogP contribution in [0.1, 0.15) is 18.4 Å². The van der Waals surface area contributed by atoms with E-state index in [4.69, 9.17) is 0 Å². The van der Waals surface area contributed by atoms with Crippen molar-refractivity contribution in [1.82, 2.24) is 4.72 Å². The fourth-order valence-corrected chi connectivity index (χ4v) is 3.34. The molecule has 0 amide bonds.